The highest BCUT2D eigenvalue weighted by Gasteiger charge is 2.37. The smallest absolute Gasteiger partial charge is 0.274 e. The Balaban J connectivity index is 1.32. The molecule has 220 valence electrons. The molecule has 10 heteroatoms. The van der Waals surface area contributed by atoms with E-state index in [-0.39, 0.29) is 41.4 Å². The molecule has 9 nitrogen and oxygen atoms in total. The lowest BCUT2D eigenvalue weighted by atomic mass is 9.90. The minimum Gasteiger partial charge on any atom is -0.485 e. The number of hydrogen-bond acceptors (Lipinski definition) is 6. The molecule has 3 aromatic rings. The highest BCUT2D eigenvalue weighted by Crippen LogP contribution is 2.41. The number of ether oxygens (including phenoxy) is 1. The summed E-state index contributed by atoms with van der Waals surface area (Å²) in [6.07, 6.45) is 7.19. The van der Waals surface area contributed by atoms with Crippen LogP contribution < -0.4 is 15.4 Å². The van der Waals surface area contributed by atoms with Crippen molar-refractivity contribution in [3.63, 3.8) is 0 Å². The van der Waals surface area contributed by atoms with Crippen LogP contribution >= 0.6 is 0 Å². The van der Waals surface area contributed by atoms with Gasteiger partial charge in [-0.3, -0.25) is 9.59 Å². The van der Waals surface area contributed by atoms with Gasteiger partial charge in [0.25, 0.3) is 5.91 Å². The number of piperidine rings is 1. The molecule has 2 amide bonds. The summed E-state index contributed by atoms with van der Waals surface area (Å²) in [6.45, 7) is 11.9. The van der Waals surface area contributed by atoms with Crippen LogP contribution in [-0.4, -0.2) is 57.0 Å². The van der Waals surface area contributed by atoms with Crippen molar-refractivity contribution in [1.82, 2.24) is 19.4 Å². The van der Waals surface area contributed by atoms with Crippen molar-refractivity contribution < 1.29 is 18.7 Å². The molecule has 0 bridgehead atoms. The lowest BCUT2D eigenvalue weighted by molar-refractivity contribution is -0.130. The number of amides is 2. The maximum atomic E-state index is 15.3. The van der Waals surface area contributed by atoms with Gasteiger partial charge in [0.1, 0.15) is 30.1 Å². The van der Waals surface area contributed by atoms with Gasteiger partial charge in [-0.25, -0.2) is 14.4 Å². The van der Waals surface area contributed by atoms with E-state index in [0.717, 1.165) is 32.1 Å². The molecule has 0 spiro atoms. The summed E-state index contributed by atoms with van der Waals surface area (Å²) in [5.41, 5.74) is 11.5. The van der Waals surface area contributed by atoms with Crippen LogP contribution in [0.5, 0.6) is 5.75 Å². The first-order valence-corrected chi connectivity index (χ1v) is 14.6. The molecule has 42 heavy (non-hydrogen) atoms. The highest BCUT2D eigenvalue weighted by molar-refractivity contribution is 6.07. The third-order valence-electron chi connectivity index (χ3n) is 8.85. The number of nitrogen functional groups attached to an aromatic ring is 1. The number of carbonyl (C=O) groups is 2. The fraction of sp³-hybridized carbons (Fsp3) is 0.438. The minimum atomic E-state index is -0.498. The average Bonchev–Trinajstić information content (AvgIpc) is 3.45. The second-order valence-corrected chi connectivity index (χ2v) is 12.4. The molecule has 4 heterocycles. The quantitative estimate of drug-likeness (QED) is 0.429. The van der Waals surface area contributed by atoms with Gasteiger partial charge in [-0.2, -0.15) is 0 Å². The number of benzene rings is 1. The van der Waals surface area contributed by atoms with Crippen molar-refractivity contribution in [2.45, 2.75) is 65.5 Å². The molecule has 2 aliphatic heterocycles. The van der Waals surface area contributed by atoms with Crippen LogP contribution in [0.25, 0.3) is 11.3 Å². The summed E-state index contributed by atoms with van der Waals surface area (Å²) in [6, 6.07) is 4.64. The molecular weight excluding hydrogens is 535 g/mol. The Morgan fingerprint density at radius 3 is 2.79 bits per heavy atom. The van der Waals surface area contributed by atoms with Crippen molar-refractivity contribution in [2.24, 2.45) is 5.41 Å². The van der Waals surface area contributed by atoms with Crippen LogP contribution in [0.1, 0.15) is 60.4 Å². The molecule has 3 aliphatic rings. The molecule has 2 aromatic heterocycles. The molecule has 0 saturated carbocycles. The Labute approximate surface area is 245 Å². The van der Waals surface area contributed by atoms with Crippen molar-refractivity contribution in [3.8, 4) is 17.0 Å². The van der Waals surface area contributed by atoms with Gasteiger partial charge in [0.2, 0.25) is 5.91 Å². The predicted octanol–water partition coefficient (Wildman–Crippen LogP) is 4.71. The van der Waals surface area contributed by atoms with Gasteiger partial charge in [-0.05, 0) is 79.8 Å². The van der Waals surface area contributed by atoms with Gasteiger partial charge >= 0.3 is 0 Å². The molecule has 1 aliphatic carbocycles. The van der Waals surface area contributed by atoms with Crippen molar-refractivity contribution >= 4 is 23.3 Å². The van der Waals surface area contributed by atoms with Gasteiger partial charge in [0.05, 0.1) is 11.7 Å². The van der Waals surface area contributed by atoms with Crippen LogP contribution in [-0.2, 0) is 24.2 Å². The average molecular weight is 573 g/mol. The Hall–Kier alpha value is -4.21. The number of halogens is 1. The predicted molar refractivity (Wildman–Crippen MR) is 159 cm³/mol. The number of anilines is 2. The number of nitrogens with zero attached hydrogens (tertiary/aromatic N) is 5. The zero-order valence-electron chi connectivity index (χ0n) is 24.5. The van der Waals surface area contributed by atoms with Gasteiger partial charge in [0.15, 0.2) is 11.6 Å². The fourth-order valence-electron chi connectivity index (χ4n) is 6.81. The number of likely N-dealkylation sites (tertiary alicyclic amines) is 1. The number of fused-ring (bicyclic) bond motifs is 3. The number of carbonyl (C=O) groups excluding carboxylic acids is 2. The van der Waals surface area contributed by atoms with E-state index < -0.39 is 5.82 Å². The van der Waals surface area contributed by atoms with Gasteiger partial charge < -0.3 is 24.8 Å². The van der Waals surface area contributed by atoms with Gasteiger partial charge in [-0.15, -0.1) is 0 Å². The first kappa shape index (κ1) is 27.9. The van der Waals surface area contributed by atoms with Crippen molar-refractivity contribution in [2.75, 3.05) is 30.3 Å². The summed E-state index contributed by atoms with van der Waals surface area (Å²) in [5, 5.41) is 0. The van der Waals surface area contributed by atoms with Gasteiger partial charge in [0, 0.05) is 30.9 Å². The molecule has 1 fully saturated rings. The highest BCUT2D eigenvalue weighted by atomic mass is 19.1. The van der Waals surface area contributed by atoms with E-state index in [1.807, 2.05) is 13.0 Å². The number of aromatic nitrogens is 3. The minimum absolute atomic E-state index is 0.118. The zero-order valence-corrected chi connectivity index (χ0v) is 24.5. The monoisotopic (exact) mass is 572 g/mol. The molecule has 0 unspecified atom stereocenters. The second kappa shape index (κ2) is 10.6. The van der Waals surface area contributed by atoms with E-state index in [4.69, 9.17) is 10.5 Å². The van der Waals surface area contributed by atoms with E-state index >= 15 is 4.39 Å². The SMILES string of the molecule is C=CC(=O)N1CCCC[C@H]1COc1c(N)ncnc1-c1cc(F)cc(N2CCn3c(cc4c3CC(C)(C)C4)C2=O)c1C. The van der Waals surface area contributed by atoms with Gasteiger partial charge in [-0.1, -0.05) is 20.4 Å². The maximum Gasteiger partial charge on any atom is 0.274 e. The lowest BCUT2D eigenvalue weighted by Gasteiger charge is -2.35. The van der Waals surface area contributed by atoms with E-state index in [1.54, 1.807) is 9.80 Å². The largest absolute Gasteiger partial charge is 0.485 e. The van der Waals surface area contributed by atoms with Crippen molar-refractivity contribution in [1.29, 1.82) is 0 Å². The van der Waals surface area contributed by atoms with Crippen molar-refractivity contribution in [3.05, 3.63) is 65.5 Å². The number of nitrogens with two attached hydrogens (primary N) is 1. The molecule has 1 saturated heterocycles. The Bertz CT molecular complexity index is 1600. The zero-order chi connectivity index (χ0) is 29.8. The van der Waals surface area contributed by atoms with Crippen LogP contribution in [0.3, 0.4) is 0 Å². The molecular formula is C32H37FN6O3. The molecule has 0 radical (unpaired) electrons. The molecule has 1 aromatic carbocycles. The normalized spacial score (nSPS) is 19.4. The van der Waals surface area contributed by atoms with E-state index in [0.29, 0.717) is 47.8 Å². The summed E-state index contributed by atoms with van der Waals surface area (Å²) >= 11 is 0. The second-order valence-electron chi connectivity index (χ2n) is 12.4. The third kappa shape index (κ3) is 4.82. The summed E-state index contributed by atoms with van der Waals surface area (Å²) in [7, 11) is 0. The van der Waals surface area contributed by atoms with E-state index in [1.165, 1.54) is 35.8 Å². The van der Waals surface area contributed by atoms with Crippen LogP contribution in [0.2, 0.25) is 0 Å². The number of hydrogen-bond donors (Lipinski definition) is 1. The van der Waals surface area contributed by atoms with E-state index in [9.17, 15) is 9.59 Å². The third-order valence-corrected chi connectivity index (χ3v) is 8.85. The Kier molecular flexibility index (Phi) is 7.03. The maximum absolute atomic E-state index is 15.3. The van der Waals surface area contributed by atoms with Crippen LogP contribution in [0.15, 0.2) is 37.2 Å². The first-order valence-electron chi connectivity index (χ1n) is 14.6. The summed E-state index contributed by atoms with van der Waals surface area (Å²) < 4.78 is 23.6. The van der Waals surface area contributed by atoms with Crippen LogP contribution in [0.4, 0.5) is 15.9 Å². The molecule has 6 rings (SSSR count). The standard InChI is InChI=1S/C32H37FN6O3/c1-5-27(40)37-9-7-6-8-22(37)17-42-29-28(35-18-36-30(29)34)23-13-21(33)14-24(19(23)2)39-11-10-38-25(31(39)41)12-20-15-32(3,4)16-26(20)38/h5,12-14,18,22H,1,6-11,15-17H2,2-4H3,(H2,34,35,36)/t22-/m0/s1. The number of rotatable bonds is 6. The molecule has 1 atom stereocenters. The summed E-state index contributed by atoms with van der Waals surface area (Å²) in [5.74, 6) is -0.436. The Morgan fingerprint density at radius 2 is 2.00 bits per heavy atom. The van der Waals surface area contributed by atoms with Crippen LogP contribution in [0, 0.1) is 18.2 Å². The topological polar surface area (TPSA) is 107 Å². The summed E-state index contributed by atoms with van der Waals surface area (Å²) in [4.78, 5) is 38.2. The molecule has 2 N–H and O–H groups in total. The lowest BCUT2D eigenvalue weighted by Crippen LogP contribution is -2.46. The first-order chi connectivity index (χ1) is 20.1. The van der Waals surface area contributed by atoms with E-state index in [2.05, 4.69) is 35.0 Å². The fourth-order valence-corrected chi connectivity index (χ4v) is 6.81. The Morgan fingerprint density at radius 1 is 1.19 bits per heavy atom.